The third kappa shape index (κ3) is 1.20. The van der Waals surface area contributed by atoms with Gasteiger partial charge in [-0.2, -0.15) is 0 Å². The Bertz CT molecular complexity index is 122. The molecule has 1 rings (SSSR count). The fraction of sp³-hybridized carbons (Fsp3) is 0.429. The molecule has 0 spiro atoms. The first kappa shape index (κ1) is 5.57. The molecule has 0 bridgehead atoms. The van der Waals surface area contributed by atoms with Crippen molar-refractivity contribution in [3.63, 3.8) is 0 Å². The molecule has 0 aromatic heterocycles. The van der Waals surface area contributed by atoms with Gasteiger partial charge in [0.1, 0.15) is 0 Å². The van der Waals surface area contributed by atoms with Gasteiger partial charge in [0, 0.05) is 0 Å². The fourth-order valence-electron chi connectivity index (χ4n) is 0.672. The Kier molecular flexibility index (Phi) is 1.86. The number of allylic oxidation sites excluding steroid dienone is 1. The average Bonchev–Trinajstić information content (AvgIpc) is 1.90. The summed E-state index contributed by atoms with van der Waals surface area (Å²) in [6.45, 7) is 3.58. The normalized spacial score (nSPS) is 24.4. The second kappa shape index (κ2) is 2.68. The summed E-state index contributed by atoms with van der Waals surface area (Å²) >= 11 is 0. The monoisotopic (exact) mass is 110 g/mol. The molecule has 1 nitrogen and oxygen atoms in total. The molecule has 1 heteroatoms. The molecule has 0 saturated heterocycles. The van der Waals surface area contributed by atoms with Gasteiger partial charge in [0.05, 0.1) is 13.2 Å². The highest BCUT2D eigenvalue weighted by molar-refractivity contribution is 5.20. The molecule has 0 N–H and O–H groups in total. The van der Waals surface area contributed by atoms with E-state index in [1.165, 1.54) is 5.57 Å². The van der Waals surface area contributed by atoms with Gasteiger partial charge in [-0.1, -0.05) is 18.2 Å². The molecule has 0 atom stereocenters. The molecule has 0 amide bonds. The minimum absolute atomic E-state index is 0.775. The van der Waals surface area contributed by atoms with Crippen molar-refractivity contribution in [2.75, 3.05) is 13.2 Å². The Labute approximate surface area is 49.7 Å². The maximum atomic E-state index is 5.12. The lowest BCUT2D eigenvalue weighted by atomic mass is 10.2. The third-order valence-corrected chi connectivity index (χ3v) is 1.19. The van der Waals surface area contributed by atoms with Crippen LogP contribution in [-0.4, -0.2) is 13.2 Å². The maximum Gasteiger partial charge on any atom is 0.0717 e. The number of hydrogen-bond acceptors (Lipinski definition) is 1. The first-order valence-electron chi connectivity index (χ1n) is 2.83. The highest BCUT2D eigenvalue weighted by Gasteiger charge is 1.94. The van der Waals surface area contributed by atoms with E-state index >= 15 is 0 Å². The van der Waals surface area contributed by atoms with Crippen LogP contribution in [0.15, 0.2) is 23.8 Å². The number of ether oxygens (including phenoxy) is 1. The minimum Gasteiger partial charge on any atom is -0.373 e. The van der Waals surface area contributed by atoms with Crippen molar-refractivity contribution in [2.45, 2.75) is 6.92 Å². The molecule has 0 aromatic rings. The standard InChI is InChI=1S/C7H10O/c1-2-7-4-3-5-8-6-7/h2-4H,5-6H2,1H3. The molecular formula is C7H10O. The lowest BCUT2D eigenvalue weighted by Crippen LogP contribution is -2.01. The van der Waals surface area contributed by atoms with Gasteiger partial charge in [0.15, 0.2) is 0 Å². The zero-order valence-corrected chi connectivity index (χ0v) is 5.05. The highest BCUT2D eigenvalue weighted by atomic mass is 16.5. The van der Waals surface area contributed by atoms with Crippen LogP contribution in [0.4, 0.5) is 0 Å². The predicted octanol–water partition coefficient (Wildman–Crippen LogP) is 1.52. The van der Waals surface area contributed by atoms with Crippen LogP contribution >= 0.6 is 0 Å². The molecule has 0 unspecified atom stereocenters. The SMILES string of the molecule is CC=C1C=CCOC1. The van der Waals surface area contributed by atoms with Gasteiger partial charge in [-0.25, -0.2) is 0 Å². The Morgan fingerprint density at radius 2 is 2.62 bits per heavy atom. The van der Waals surface area contributed by atoms with Gasteiger partial charge in [-0.3, -0.25) is 0 Å². The molecule has 1 aliphatic heterocycles. The van der Waals surface area contributed by atoms with E-state index in [0.29, 0.717) is 0 Å². The van der Waals surface area contributed by atoms with E-state index in [9.17, 15) is 0 Å². The van der Waals surface area contributed by atoms with Crippen molar-refractivity contribution in [3.8, 4) is 0 Å². The second-order valence-corrected chi connectivity index (χ2v) is 1.78. The summed E-state index contributed by atoms with van der Waals surface area (Å²) in [4.78, 5) is 0. The molecule has 0 aromatic carbocycles. The second-order valence-electron chi connectivity index (χ2n) is 1.78. The molecule has 0 aliphatic carbocycles. The molecule has 1 heterocycles. The number of rotatable bonds is 0. The van der Waals surface area contributed by atoms with Gasteiger partial charge in [-0.05, 0) is 12.5 Å². The Morgan fingerprint density at radius 1 is 1.75 bits per heavy atom. The lowest BCUT2D eigenvalue weighted by molar-refractivity contribution is 0.182. The van der Waals surface area contributed by atoms with Crippen LogP contribution in [0.25, 0.3) is 0 Å². The minimum atomic E-state index is 0.775. The van der Waals surface area contributed by atoms with Crippen LogP contribution in [-0.2, 0) is 4.74 Å². The first-order chi connectivity index (χ1) is 3.93. The predicted molar refractivity (Wildman–Crippen MR) is 33.7 cm³/mol. The lowest BCUT2D eigenvalue weighted by Gasteiger charge is -2.06. The molecule has 0 saturated carbocycles. The van der Waals surface area contributed by atoms with Crippen molar-refractivity contribution in [1.82, 2.24) is 0 Å². The van der Waals surface area contributed by atoms with Gasteiger partial charge in [0.25, 0.3) is 0 Å². The fourth-order valence-corrected chi connectivity index (χ4v) is 0.672. The van der Waals surface area contributed by atoms with E-state index in [1.54, 1.807) is 0 Å². The zero-order valence-electron chi connectivity index (χ0n) is 5.05. The van der Waals surface area contributed by atoms with Crippen LogP contribution in [0.1, 0.15) is 6.92 Å². The van der Waals surface area contributed by atoms with Crippen molar-refractivity contribution in [1.29, 1.82) is 0 Å². The number of hydrogen-bond donors (Lipinski definition) is 0. The molecule has 0 radical (unpaired) electrons. The summed E-state index contributed by atoms with van der Waals surface area (Å²) in [5.41, 5.74) is 1.27. The van der Waals surface area contributed by atoms with E-state index < -0.39 is 0 Å². The van der Waals surface area contributed by atoms with E-state index in [1.807, 2.05) is 13.0 Å². The smallest absolute Gasteiger partial charge is 0.0717 e. The zero-order chi connectivity index (χ0) is 5.82. The third-order valence-electron chi connectivity index (χ3n) is 1.19. The Hall–Kier alpha value is -0.560. The van der Waals surface area contributed by atoms with Crippen molar-refractivity contribution < 1.29 is 4.74 Å². The molecule has 1 aliphatic rings. The van der Waals surface area contributed by atoms with E-state index in [-0.39, 0.29) is 0 Å². The topological polar surface area (TPSA) is 9.23 Å². The van der Waals surface area contributed by atoms with Crippen LogP contribution in [0, 0.1) is 0 Å². The van der Waals surface area contributed by atoms with Crippen LogP contribution in [0.3, 0.4) is 0 Å². The molecule has 44 valence electrons. The summed E-state index contributed by atoms with van der Waals surface area (Å²) < 4.78 is 5.12. The average molecular weight is 110 g/mol. The summed E-state index contributed by atoms with van der Waals surface area (Å²) in [6, 6.07) is 0. The van der Waals surface area contributed by atoms with Gasteiger partial charge < -0.3 is 4.74 Å². The Morgan fingerprint density at radius 3 is 3.00 bits per heavy atom. The first-order valence-corrected chi connectivity index (χ1v) is 2.83. The van der Waals surface area contributed by atoms with Gasteiger partial charge in [0.2, 0.25) is 0 Å². The molecular weight excluding hydrogens is 100 g/mol. The highest BCUT2D eigenvalue weighted by Crippen LogP contribution is 2.02. The van der Waals surface area contributed by atoms with Crippen LogP contribution in [0.2, 0.25) is 0 Å². The van der Waals surface area contributed by atoms with Crippen LogP contribution < -0.4 is 0 Å². The Balaban J connectivity index is 2.56. The molecule has 0 fully saturated rings. The van der Waals surface area contributed by atoms with Crippen molar-refractivity contribution >= 4 is 0 Å². The summed E-state index contributed by atoms with van der Waals surface area (Å²) in [5.74, 6) is 0. The van der Waals surface area contributed by atoms with Crippen molar-refractivity contribution in [3.05, 3.63) is 23.8 Å². The van der Waals surface area contributed by atoms with Crippen molar-refractivity contribution in [2.24, 2.45) is 0 Å². The summed E-state index contributed by atoms with van der Waals surface area (Å²) in [5, 5.41) is 0. The largest absolute Gasteiger partial charge is 0.373 e. The summed E-state index contributed by atoms with van der Waals surface area (Å²) in [7, 11) is 0. The quantitative estimate of drug-likeness (QED) is 0.459. The van der Waals surface area contributed by atoms with E-state index in [4.69, 9.17) is 4.74 Å². The maximum absolute atomic E-state index is 5.12. The van der Waals surface area contributed by atoms with Crippen LogP contribution in [0.5, 0.6) is 0 Å². The molecule has 8 heavy (non-hydrogen) atoms. The summed E-state index contributed by atoms with van der Waals surface area (Å²) in [6.07, 6.45) is 6.19. The van der Waals surface area contributed by atoms with E-state index in [0.717, 1.165) is 13.2 Å². The van der Waals surface area contributed by atoms with E-state index in [2.05, 4.69) is 12.2 Å². The van der Waals surface area contributed by atoms with Gasteiger partial charge in [-0.15, -0.1) is 0 Å². The van der Waals surface area contributed by atoms with Gasteiger partial charge >= 0.3 is 0 Å².